The Kier molecular flexibility index (Phi) is 3.61. The predicted octanol–water partition coefficient (Wildman–Crippen LogP) is 3.52. The average molecular weight is 256 g/mol. The van der Waals surface area contributed by atoms with Crippen molar-refractivity contribution in [1.29, 1.82) is 0 Å². The second kappa shape index (κ2) is 5.38. The first-order valence-electron chi connectivity index (χ1n) is 7.44. The Hall–Kier alpha value is -1.28. The van der Waals surface area contributed by atoms with Crippen LogP contribution in [-0.2, 0) is 6.42 Å². The number of rotatable bonds is 2. The maximum Gasteiger partial charge on any atom is 0.0414 e. The number of benzene rings is 1. The van der Waals surface area contributed by atoms with Gasteiger partial charge >= 0.3 is 0 Å². The van der Waals surface area contributed by atoms with E-state index in [9.17, 15) is 0 Å². The van der Waals surface area contributed by atoms with Gasteiger partial charge in [-0.3, -0.25) is 0 Å². The summed E-state index contributed by atoms with van der Waals surface area (Å²) in [7, 11) is 2.23. The molecule has 0 radical (unpaired) electrons. The minimum Gasteiger partial charge on any atom is -0.359 e. The molecule has 3 rings (SSSR count). The molecule has 0 bridgehead atoms. The molecule has 1 N–H and O–H groups in total. The van der Waals surface area contributed by atoms with E-state index in [4.69, 9.17) is 0 Å². The van der Waals surface area contributed by atoms with Gasteiger partial charge < -0.3 is 10.2 Å². The van der Waals surface area contributed by atoms with E-state index in [0.717, 1.165) is 12.3 Å². The molecule has 2 heteroatoms. The molecule has 2 aliphatic heterocycles. The van der Waals surface area contributed by atoms with Gasteiger partial charge in [0.05, 0.1) is 0 Å². The molecular weight excluding hydrogens is 232 g/mol. The van der Waals surface area contributed by atoms with Crippen LogP contribution >= 0.6 is 0 Å². The normalized spacial score (nSPS) is 24.9. The summed E-state index contributed by atoms with van der Waals surface area (Å²) in [5.41, 5.74) is 3.93. The van der Waals surface area contributed by atoms with Gasteiger partial charge in [-0.2, -0.15) is 0 Å². The molecule has 2 heterocycles. The summed E-state index contributed by atoms with van der Waals surface area (Å²) >= 11 is 0. The van der Waals surface area contributed by atoms with Crippen LogP contribution in [0.2, 0.25) is 0 Å². The van der Waals surface area contributed by atoms with E-state index in [1.165, 1.54) is 49.3 Å². The molecule has 102 valence electrons. The zero-order valence-electron chi connectivity index (χ0n) is 11.9. The Labute approximate surface area is 116 Å². The maximum atomic E-state index is 4.25. The Morgan fingerprint density at radius 3 is 2.79 bits per heavy atom. The summed E-state index contributed by atoms with van der Waals surface area (Å²) in [5.74, 6) is 1.49. The lowest BCUT2D eigenvalue weighted by atomic mass is 9.81. The topological polar surface area (TPSA) is 15.3 Å². The summed E-state index contributed by atoms with van der Waals surface area (Å²) in [6, 6.07) is 8.64. The van der Waals surface area contributed by atoms with Gasteiger partial charge in [-0.25, -0.2) is 0 Å². The highest BCUT2D eigenvalue weighted by Crippen LogP contribution is 2.35. The quantitative estimate of drug-likeness (QED) is 0.871. The molecule has 2 aliphatic rings. The molecule has 0 aromatic heterocycles. The van der Waals surface area contributed by atoms with Gasteiger partial charge in [-0.1, -0.05) is 24.8 Å². The molecule has 19 heavy (non-hydrogen) atoms. The van der Waals surface area contributed by atoms with Crippen molar-refractivity contribution in [2.24, 2.45) is 11.8 Å². The largest absolute Gasteiger partial charge is 0.359 e. The number of para-hydroxylation sites is 1. The highest BCUT2D eigenvalue weighted by Gasteiger charge is 2.26. The zero-order valence-corrected chi connectivity index (χ0v) is 11.9. The summed E-state index contributed by atoms with van der Waals surface area (Å²) in [6.45, 7) is 6.77. The van der Waals surface area contributed by atoms with Gasteiger partial charge in [0.1, 0.15) is 0 Å². The van der Waals surface area contributed by atoms with Crippen LogP contribution in [0.25, 0.3) is 0 Å². The minimum absolute atomic E-state index is 0.614. The first-order valence-corrected chi connectivity index (χ1v) is 7.44. The third kappa shape index (κ3) is 2.84. The summed E-state index contributed by atoms with van der Waals surface area (Å²) in [4.78, 5) is 2.44. The van der Waals surface area contributed by atoms with Crippen LogP contribution in [0.5, 0.6) is 0 Å². The molecular formula is C17H24N2. The summed E-state index contributed by atoms with van der Waals surface area (Å²) in [5, 5.41) is 3.50. The van der Waals surface area contributed by atoms with Gasteiger partial charge in [0.2, 0.25) is 0 Å². The molecule has 1 aromatic rings. The SMILES string of the molecule is C=C1Nc2ccccc2CC1CC1CCN(C)CC1. The number of anilines is 1. The van der Waals surface area contributed by atoms with E-state index >= 15 is 0 Å². The lowest BCUT2D eigenvalue weighted by molar-refractivity contribution is 0.200. The molecule has 0 saturated carbocycles. The first kappa shape index (κ1) is 12.7. The fourth-order valence-electron chi connectivity index (χ4n) is 3.41. The van der Waals surface area contributed by atoms with Crippen molar-refractivity contribution < 1.29 is 0 Å². The monoisotopic (exact) mass is 256 g/mol. The van der Waals surface area contributed by atoms with Crippen LogP contribution in [0, 0.1) is 11.8 Å². The summed E-state index contributed by atoms with van der Waals surface area (Å²) < 4.78 is 0. The average Bonchev–Trinajstić information content (AvgIpc) is 2.42. The van der Waals surface area contributed by atoms with E-state index < -0.39 is 0 Å². The molecule has 1 fully saturated rings. The van der Waals surface area contributed by atoms with Crippen molar-refractivity contribution >= 4 is 5.69 Å². The van der Waals surface area contributed by atoms with E-state index in [0.29, 0.717) is 5.92 Å². The van der Waals surface area contributed by atoms with Crippen LogP contribution in [-0.4, -0.2) is 25.0 Å². The van der Waals surface area contributed by atoms with Crippen LogP contribution < -0.4 is 5.32 Å². The molecule has 0 aliphatic carbocycles. The number of likely N-dealkylation sites (tertiary alicyclic amines) is 1. The van der Waals surface area contributed by atoms with Crippen LogP contribution in [0.15, 0.2) is 36.5 Å². The Balaban J connectivity index is 1.65. The highest BCUT2D eigenvalue weighted by molar-refractivity contribution is 5.57. The third-order valence-electron chi connectivity index (χ3n) is 4.73. The zero-order chi connectivity index (χ0) is 13.2. The number of fused-ring (bicyclic) bond motifs is 1. The van der Waals surface area contributed by atoms with Crippen molar-refractivity contribution in [2.45, 2.75) is 25.7 Å². The van der Waals surface area contributed by atoms with Crippen LogP contribution in [0.4, 0.5) is 5.69 Å². The van der Waals surface area contributed by atoms with Crippen LogP contribution in [0.1, 0.15) is 24.8 Å². The van der Waals surface area contributed by atoms with Gasteiger partial charge in [-0.15, -0.1) is 0 Å². The molecule has 2 nitrogen and oxygen atoms in total. The van der Waals surface area contributed by atoms with Crippen LogP contribution in [0.3, 0.4) is 0 Å². The highest BCUT2D eigenvalue weighted by atomic mass is 15.1. The number of hydrogen-bond donors (Lipinski definition) is 1. The van der Waals surface area contributed by atoms with E-state index in [1.54, 1.807) is 0 Å². The standard InChI is InChI=1S/C17H24N2/c1-13-16(11-14-7-9-19(2)10-8-14)12-15-5-3-4-6-17(15)18-13/h3-6,14,16,18H,1,7-12H2,2H3. The fraction of sp³-hybridized carbons (Fsp3) is 0.529. The van der Waals surface area contributed by atoms with Crippen molar-refractivity contribution in [3.05, 3.63) is 42.1 Å². The van der Waals surface area contributed by atoms with Gasteiger partial charge in [-0.05, 0) is 63.4 Å². The van der Waals surface area contributed by atoms with Gasteiger partial charge in [0, 0.05) is 17.3 Å². The summed E-state index contributed by atoms with van der Waals surface area (Å²) in [6.07, 6.45) is 5.16. The van der Waals surface area contributed by atoms with E-state index in [1.807, 2.05) is 0 Å². The number of hydrogen-bond acceptors (Lipinski definition) is 2. The van der Waals surface area contributed by atoms with Crippen molar-refractivity contribution in [3.63, 3.8) is 0 Å². The lowest BCUT2D eigenvalue weighted by Gasteiger charge is -2.34. The second-order valence-electron chi connectivity index (χ2n) is 6.19. The van der Waals surface area contributed by atoms with Crippen molar-refractivity contribution in [1.82, 2.24) is 4.90 Å². The van der Waals surface area contributed by atoms with Gasteiger partial charge in [0.25, 0.3) is 0 Å². The fourth-order valence-corrected chi connectivity index (χ4v) is 3.41. The van der Waals surface area contributed by atoms with Crippen molar-refractivity contribution in [3.8, 4) is 0 Å². The number of nitrogens with one attached hydrogen (secondary N) is 1. The number of piperidine rings is 1. The third-order valence-corrected chi connectivity index (χ3v) is 4.73. The van der Waals surface area contributed by atoms with Crippen molar-refractivity contribution in [2.75, 3.05) is 25.5 Å². The molecule has 0 spiro atoms. The molecule has 1 atom stereocenters. The molecule has 0 amide bonds. The number of allylic oxidation sites excluding steroid dienone is 1. The van der Waals surface area contributed by atoms with E-state index in [-0.39, 0.29) is 0 Å². The molecule has 1 aromatic carbocycles. The molecule has 1 unspecified atom stereocenters. The molecule has 1 saturated heterocycles. The van der Waals surface area contributed by atoms with Gasteiger partial charge in [0.15, 0.2) is 0 Å². The Morgan fingerprint density at radius 2 is 2.00 bits per heavy atom. The lowest BCUT2D eigenvalue weighted by Crippen LogP contribution is -2.32. The van der Waals surface area contributed by atoms with E-state index in [2.05, 4.69) is 48.1 Å². The number of nitrogens with zero attached hydrogens (tertiary/aromatic N) is 1. The minimum atomic E-state index is 0.614. The Morgan fingerprint density at radius 1 is 1.26 bits per heavy atom. The smallest absolute Gasteiger partial charge is 0.0414 e. The Bertz CT molecular complexity index is 458. The maximum absolute atomic E-state index is 4.25. The second-order valence-corrected chi connectivity index (χ2v) is 6.19. The first-order chi connectivity index (χ1) is 9.22. The predicted molar refractivity (Wildman–Crippen MR) is 81.2 cm³/mol.